The van der Waals surface area contributed by atoms with E-state index in [0.717, 1.165) is 23.4 Å². The van der Waals surface area contributed by atoms with E-state index in [1.54, 1.807) is 16.8 Å². The first-order valence-corrected chi connectivity index (χ1v) is 7.72. The lowest BCUT2D eigenvalue weighted by Crippen LogP contribution is -2.38. The Labute approximate surface area is 144 Å². The van der Waals surface area contributed by atoms with Crippen molar-refractivity contribution < 1.29 is 9.59 Å². The van der Waals surface area contributed by atoms with Gasteiger partial charge in [-0.3, -0.25) is 9.59 Å². The summed E-state index contributed by atoms with van der Waals surface area (Å²) in [6.45, 7) is 5.94. The number of nitrogens with one attached hydrogen (secondary N) is 1. The highest BCUT2D eigenvalue weighted by atomic mass is 35.5. The minimum absolute atomic E-state index is 0. The minimum atomic E-state index is -0.241. The molecule has 2 amide bonds. The second-order valence-corrected chi connectivity index (χ2v) is 5.99. The Morgan fingerprint density at radius 2 is 2.09 bits per heavy atom. The summed E-state index contributed by atoms with van der Waals surface area (Å²) < 4.78 is 0. The van der Waals surface area contributed by atoms with E-state index in [2.05, 4.69) is 5.32 Å². The molecule has 0 saturated carbocycles. The van der Waals surface area contributed by atoms with Gasteiger partial charge < -0.3 is 15.1 Å². The van der Waals surface area contributed by atoms with Gasteiger partial charge in [0, 0.05) is 38.8 Å². The molecule has 1 aliphatic heterocycles. The maximum atomic E-state index is 12.4. The molecule has 0 bridgehead atoms. The number of anilines is 1. The van der Waals surface area contributed by atoms with Crippen molar-refractivity contribution in [2.45, 2.75) is 20.3 Å². The van der Waals surface area contributed by atoms with Gasteiger partial charge in [0.15, 0.2) is 0 Å². The number of hydrogen-bond donors (Lipinski definition) is 1. The summed E-state index contributed by atoms with van der Waals surface area (Å²) in [5, 5.41) is 3.03. The number of benzene rings is 1. The van der Waals surface area contributed by atoms with Gasteiger partial charge in [0.2, 0.25) is 11.8 Å². The van der Waals surface area contributed by atoms with Crippen molar-refractivity contribution in [1.82, 2.24) is 10.2 Å². The van der Waals surface area contributed by atoms with Gasteiger partial charge >= 0.3 is 0 Å². The molecule has 1 aliphatic rings. The lowest BCUT2D eigenvalue weighted by molar-refractivity contribution is -0.134. The van der Waals surface area contributed by atoms with E-state index in [0.29, 0.717) is 19.5 Å². The predicted molar refractivity (Wildman–Crippen MR) is 95.2 cm³/mol. The van der Waals surface area contributed by atoms with Crippen LogP contribution in [0.1, 0.15) is 17.5 Å². The van der Waals surface area contributed by atoms with Crippen LogP contribution in [0.15, 0.2) is 18.2 Å². The van der Waals surface area contributed by atoms with E-state index in [1.807, 2.05) is 39.1 Å². The molecular formula is C17H26ClN3O2. The second-order valence-electron chi connectivity index (χ2n) is 5.99. The van der Waals surface area contributed by atoms with Crippen molar-refractivity contribution in [1.29, 1.82) is 0 Å². The van der Waals surface area contributed by atoms with Crippen LogP contribution in [-0.2, 0) is 9.59 Å². The van der Waals surface area contributed by atoms with Crippen LogP contribution in [0, 0.1) is 19.8 Å². The number of aryl methyl sites for hydroxylation is 1. The molecule has 1 fully saturated rings. The fraction of sp³-hybridized carbons (Fsp3) is 0.529. The summed E-state index contributed by atoms with van der Waals surface area (Å²) in [5.74, 6) is -0.153. The summed E-state index contributed by atoms with van der Waals surface area (Å²) >= 11 is 0. The highest BCUT2D eigenvalue weighted by Crippen LogP contribution is 2.29. The normalized spacial score (nSPS) is 17.1. The third-order valence-corrected chi connectivity index (χ3v) is 4.41. The van der Waals surface area contributed by atoms with Gasteiger partial charge in [0.25, 0.3) is 0 Å². The standard InChI is InChI=1S/C17H25N3O2.ClH/c1-12-6-5-7-15(13(12)2)20-11-14(10-16(20)21)17(22)19(4)9-8-18-3;/h5-7,14,18H,8-11H2,1-4H3;1H. The van der Waals surface area contributed by atoms with Crippen molar-refractivity contribution >= 4 is 29.9 Å². The van der Waals surface area contributed by atoms with Gasteiger partial charge in [-0.25, -0.2) is 0 Å². The van der Waals surface area contributed by atoms with Crippen LogP contribution in [0.2, 0.25) is 0 Å². The summed E-state index contributed by atoms with van der Waals surface area (Å²) in [4.78, 5) is 28.2. The first kappa shape index (κ1) is 19.5. The molecule has 23 heavy (non-hydrogen) atoms. The van der Waals surface area contributed by atoms with Gasteiger partial charge in [-0.2, -0.15) is 0 Å². The summed E-state index contributed by atoms with van der Waals surface area (Å²) in [6, 6.07) is 5.95. The van der Waals surface area contributed by atoms with Gasteiger partial charge in [-0.1, -0.05) is 12.1 Å². The lowest BCUT2D eigenvalue weighted by Gasteiger charge is -2.22. The molecule has 6 heteroatoms. The maximum Gasteiger partial charge on any atom is 0.227 e. The van der Waals surface area contributed by atoms with Crippen LogP contribution in [-0.4, -0.2) is 50.4 Å². The number of carbonyl (C=O) groups excluding carboxylic acids is 2. The molecule has 1 atom stereocenters. The lowest BCUT2D eigenvalue weighted by atomic mass is 10.1. The van der Waals surface area contributed by atoms with Crippen LogP contribution in [0.4, 0.5) is 5.69 Å². The summed E-state index contributed by atoms with van der Waals surface area (Å²) in [6.07, 6.45) is 0.302. The number of carbonyl (C=O) groups is 2. The molecule has 2 rings (SSSR count). The third kappa shape index (κ3) is 4.24. The Kier molecular flexibility index (Phi) is 7.03. The molecular weight excluding hydrogens is 314 g/mol. The smallest absolute Gasteiger partial charge is 0.227 e. The fourth-order valence-electron chi connectivity index (χ4n) is 2.84. The van der Waals surface area contributed by atoms with E-state index in [-0.39, 0.29) is 30.1 Å². The van der Waals surface area contributed by atoms with E-state index >= 15 is 0 Å². The van der Waals surface area contributed by atoms with E-state index in [4.69, 9.17) is 0 Å². The average Bonchev–Trinajstić information content (AvgIpc) is 2.88. The SMILES string of the molecule is CNCCN(C)C(=O)C1CC(=O)N(c2cccc(C)c2C)C1.Cl. The molecule has 1 unspecified atom stereocenters. The quantitative estimate of drug-likeness (QED) is 0.889. The van der Waals surface area contributed by atoms with Gasteiger partial charge in [-0.05, 0) is 38.1 Å². The van der Waals surface area contributed by atoms with Gasteiger partial charge in [0.1, 0.15) is 0 Å². The summed E-state index contributed by atoms with van der Waals surface area (Å²) in [5.41, 5.74) is 3.19. The number of halogens is 1. The van der Waals surface area contributed by atoms with Crippen molar-refractivity contribution in [2.24, 2.45) is 5.92 Å². The Morgan fingerprint density at radius 1 is 1.39 bits per heavy atom. The summed E-state index contributed by atoms with van der Waals surface area (Å²) in [7, 11) is 3.66. The fourth-order valence-corrected chi connectivity index (χ4v) is 2.84. The first-order valence-electron chi connectivity index (χ1n) is 7.72. The van der Waals surface area contributed by atoms with Gasteiger partial charge in [-0.15, -0.1) is 12.4 Å². The zero-order chi connectivity index (χ0) is 16.3. The van der Waals surface area contributed by atoms with Crippen LogP contribution in [0.3, 0.4) is 0 Å². The predicted octanol–water partition coefficient (Wildman–Crippen LogP) is 1.76. The molecule has 0 spiro atoms. The average molecular weight is 340 g/mol. The van der Waals surface area contributed by atoms with Crippen LogP contribution in [0.25, 0.3) is 0 Å². The van der Waals surface area contributed by atoms with E-state index in [9.17, 15) is 9.59 Å². The number of rotatable bonds is 5. The molecule has 0 aromatic heterocycles. The number of hydrogen-bond acceptors (Lipinski definition) is 3. The highest BCUT2D eigenvalue weighted by molar-refractivity contribution is 6.00. The van der Waals surface area contributed by atoms with E-state index in [1.165, 1.54) is 0 Å². The maximum absolute atomic E-state index is 12.4. The molecule has 1 saturated heterocycles. The molecule has 1 aromatic carbocycles. The number of nitrogens with zero attached hydrogens (tertiary/aromatic N) is 2. The molecule has 128 valence electrons. The van der Waals surface area contributed by atoms with Crippen LogP contribution >= 0.6 is 12.4 Å². The highest BCUT2D eigenvalue weighted by Gasteiger charge is 2.36. The van der Waals surface area contributed by atoms with Crippen molar-refractivity contribution in [3.8, 4) is 0 Å². The zero-order valence-corrected chi connectivity index (χ0v) is 15.1. The molecule has 5 nitrogen and oxygen atoms in total. The zero-order valence-electron chi connectivity index (χ0n) is 14.3. The largest absolute Gasteiger partial charge is 0.344 e. The Hall–Kier alpha value is -1.59. The van der Waals surface area contributed by atoms with Crippen LogP contribution < -0.4 is 10.2 Å². The van der Waals surface area contributed by atoms with E-state index < -0.39 is 0 Å². The molecule has 1 heterocycles. The van der Waals surface area contributed by atoms with Gasteiger partial charge in [0.05, 0.1) is 5.92 Å². The molecule has 1 N–H and O–H groups in total. The topological polar surface area (TPSA) is 52.7 Å². The third-order valence-electron chi connectivity index (χ3n) is 4.41. The number of amides is 2. The second kappa shape index (κ2) is 8.31. The minimum Gasteiger partial charge on any atom is -0.344 e. The molecule has 0 radical (unpaired) electrons. The van der Waals surface area contributed by atoms with Crippen molar-refractivity contribution in [3.05, 3.63) is 29.3 Å². The Balaban J connectivity index is 0.00000264. The first-order chi connectivity index (χ1) is 10.5. The Bertz CT molecular complexity index is 577. The molecule has 0 aliphatic carbocycles. The molecule has 1 aromatic rings. The Morgan fingerprint density at radius 3 is 2.74 bits per heavy atom. The van der Waals surface area contributed by atoms with Crippen LogP contribution in [0.5, 0.6) is 0 Å². The van der Waals surface area contributed by atoms with Crippen molar-refractivity contribution in [3.63, 3.8) is 0 Å². The number of likely N-dealkylation sites (N-methyl/N-ethyl adjacent to an activating group) is 2. The monoisotopic (exact) mass is 339 g/mol. The van der Waals surface area contributed by atoms with Crippen molar-refractivity contribution in [2.75, 3.05) is 38.6 Å².